The van der Waals surface area contributed by atoms with Crippen LogP contribution in [-0.2, 0) is 11.3 Å². The van der Waals surface area contributed by atoms with Crippen molar-refractivity contribution in [2.75, 3.05) is 55.6 Å². The van der Waals surface area contributed by atoms with E-state index in [4.69, 9.17) is 0 Å². The normalized spacial score (nSPS) is 17.6. The number of nitriles is 1. The molecule has 1 N–H and O–H groups in total. The van der Waals surface area contributed by atoms with Crippen molar-refractivity contribution in [3.8, 4) is 17.3 Å². The molecule has 2 fully saturated rings. The Morgan fingerprint density at radius 3 is 2.47 bits per heavy atom. The molecule has 2 aliphatic rings. The van der Waals surface area contributed by atoms with Gasteiger partial charge in [0.15, 0.2) is 10.9 Å². The third-order valence-electron chi connectivity index (χ3n) is 8.44. The van der Waals surface area contributed by atoms with Gasteiger partial charge in [-0.1, -0.05) is 11.3 Å². The van der Waals surface area contributed by atoms with Crippen molar-refractivity contribution >= 4 is 44.8 Å². The van der Waals surface area contributed by atoms with Gasteiger partial charge in [-0.25, -0.2) is 18.4 Å². The lowest BCUT2D eigenvalue weighted by Crippen LogP contribution is -2.62. The molecule has 248 valence electrons. The van der Waals surface area contributed by atoms with Gasteiger partial charge in [0.25, 0.3) is 0 Å². The van der Waals surface area contributed by atoms with Crippen LogP contribution in [0, 0.1) is 23.0 Å². The van der Waals surface area contributed by atoms with Crippen molar-refractivity contribution in [3.05, 3.63) is 52.9 Å². The first-order valence-corrected chi connectivity index (χ1v) is 15.9. The van der Waals surface area contributed by atoms with Crippen molar-refractivity contribution < 1.29 is 31.9 Å². The van der Waals surface area contributed by atoms with Crippen molar-refractivity contribution in [1.82, 2.24) is 24.6 Å². The minimum absolute atomic E-state index is 0.0194. The molecule has 2 aromatic carbocycles. The first-order chi connectivity index (χ1) is 22.4. The van der Waals surface area contributed by atoms with Crippen LogP contribution < -0.4 is 9.80 Å². The number of aryl methyl sites for hydroxylation is 1. The van der Waals surface area contributed by atoms with Gasteiger partial charge in [-0.3, -0.25) is 9.69 Å². The van der Waals surface area contributed by atoms with E-state index in [-0.39, 0.29) is 60.1 Å². The highest BCUT2D eigenvalue weighted by Gasteiger charge is 2.47. The molecule has 4 aromatic rings. The van der Waals surface area contributed by atoms with E-state index in [2.05, 4.69) is 16.2 Å². The lowest BCUT2D eigenvalue weighted by molar-refractivity contribution is -0.160. The third kappa shape index (κ3) is 6.22. The van der Waals surface area contributed by atoms with Crippen molar-refractivity contribution in [2.24, 2.45) is 0 Å². The molecular weight excluding hydrogens is 643 g/mol. The number of nitrogens with zero attached hydrogens (tertiary/aromatic N) is 8. The number of carbonyl (C=O) groups excluding carboxylic acids is 1. The minimum Gasteiger partial charge on any atom is -0.389 e. The van der Waals surface area contributed by atoms with E-state index in [1.807, 2.05) is 6.92 Å². The summed E-state index contributed by atoms with van der Waals surface area (Å²) in [5.41, 5.74) is 0.875. The Hall–Kier alpha value is -4.33. The van der Waals surface area contributed by atoms with Gasteiger partial charge in [0.1, 0.15) is 39.8 Å². The standard InChI is InChI=1S/C31H31F5N8O2S/c1-3-42(30-38-27(24(13-37)47-30)18-5-7-19(32)8-6-18)29-22-11-20(12-23(33)28(22)39-44(29)4-2)43-10-9-40(16-25(43)31(34,35)36)17-26(46)41-14-21(45)15-41/h5-8,11-12,21,25,45H,3-4,9-10,14-17H2,1-2H3/t25-/m0/s1. The summed E-state index contributed by atoms with van der Waals surface area (Å²) in [4.78, 5) is 23.2. The molecule has 10 nitrogen and oxygen atoms in total. The second kappa shape index (κ2) is 12.7. The summed E-state index contributed by atoms with van der Waals surface area (Å²) in [5, 5.41) is 24.4. The number of alkyl halides is 3. The molecule has 0 aliphatic carbocycles. The molecule has 0 spiro atoms. The topological polar surface area (TPSA) is 105 Å². The maximum absolute atomic E-state index is 15.7. The van der Waals surface area contributed by atoms with Gasteiger partial charge in [0.05, 0.1) is 12.6 Å². The molecule has 0 unspecified atom stereocenters. The second-order valence-electron chi connectivity index (χ2n) is 11.4. The Balaban J connectivity index is 1.37. The average Bonchev–Trinajstić information content (AvgIpc) is 3.62. The van der Waals surface area contributed by atoms with Gasteiger partial charge in [-0.2, -0.15) is 23.5 Å². The number of β-amino-alcohol motifs (C(OH)–C–C–N with tert-alkyl or cyclic N) is 1. The van der Waals surface area contributed by atoms with Crippen LogP contribution in [0.4, 0.5) is 38.6 Å². The predicted octanol–water partition coefficient (Wildman–Crippen LogP) is 4.74. The number of aliphatic hydroxyl groups excluding tert-OH is 1. The molecule has 6 rings (SSSR count). The monoisotopic (exact) mass is 674 g/mol. The van der Waals surface area contributed by atoms with Crippen LogP contribution in [0.2, 0.25) is 0 Å². The Labute approximate surface area is 270 Å². The van der Waals surface area contributed by atoms with Crippen LogP contribution in [0.3, 0.4) is 0 Å². The highest BCUT2D eigenvalue weighted by Crippen LogP contribution is 2.41. The number of thiazole rings is 1. The molecule has 0 bridgehead atoms. The van der Waals surface area contributed by atoms with Crippen molar-refractivity contribution in [3.63, 3.8) is 0 Å². The number of piperazine rings is 1. The molecule has 0 saturated carbocycles. The molecular formula is C31H31F5N8O2S. The van der Waals surface area contributed by atoms with Gasteiger partial charge < -0.3 is 19.8 Å². The van der Waals surface area contributed by atoms with E-state index in [1.165, 1.54) is 40.1 Å². The number of aromatic nitrogens is 3. The summed E-state index contributed by atoms with van der Waals surface area (Å²) in [6.07, 6.45) is -5.30. The fraction of sp³-hybridized carbons (Fsp3) is 0.419. The highest BCUT2D eigenvalue weighted by atomic mass is 32.1. The van der Waals surface area contributed by atoms with Gasteiger partial charge in [-0.15, -0.1) is 0 Å². The van der Waals surface area contributed by atoms with Crippen molar-refractivity contribution in [2.45, 2.75) is 38.7 Å². The number of aliphatic hydroxyl groups is 1. The fourth-order valence-corrected chi connectivity index (χ4v) is 6.99. The summed E-state index contributed by atoms with van der Waals surface area (Å²) in [6, 6.07) is 8.23. The van der Waals surface area contributed by atoms with Crippen LogP contribution in [0.15, 0.2) is 36.4 Å². The van der Waals surface area contributed by atoms with Crippen LogP contribution in [0.25, 0.3) is 22.2 Å². The summed E-state index contributed by atoms with van der Waals surface area (Å²) >= 11 is 1.09. The molecule has 16 heteroatoms. The number of hydrogen-bond acceptors (Lipinski definition) is 9. The van der Waals surface area contributed by atoms with Gasteiger partial charge in [-0.05, 0) is 50.2 Å². The number of halogens is 5. The van der Waals surface area contributed by atoms with Gasteiger partial charge in [0, 0.05) is 62.5 Å². The lowest BCUT2D eigenvalue weighted by atomic mass is 10.1. The zero-order valence-corrected chi connectivity index (χ0v) is 26.3. The highest BCUT2D eigenvalue weighted by molar-refractivity contribution is 7.16. The number of likely N-dealkylation sites (tertiary alicyclic amines) is 1. The summed E-state index contributed by atoms with van der Waals surface area (Å²) < 4.78 is 74.4. The number of hydrogen-bond donors (Lipinski definition) is 1. The first-order valence-electron chi connectivity index (χ1n) is 15.1. The largest absolute Gasteiger partial charge is 0.409 e. The number of anilines is 3. The smallest absolute Gasteiger partial charge is 0.389 e. The second-order valence-corrected chi connectivity index (χ2v) is 12.4. The summed E-state index contributed by atoms with van der Waals surface area (Å²) in [7, 11) is 0. The Morgan fingerprint density at radius 2 is 1.85 bits per heavy atom. The SMILES string of the molecule is CCN(c1nc(-c2ccc(F)cc2)c(C#N)s1)c1c2cc(N3CCN(CC(=O)N4CC(O)C4)C[C@H]3C(F)(F)F)cc(F)c2nn1CC. The summed E-state index contributed by atoms with van der Waals surface area (Å²) in [5.74, 6) is -1.18. The number of amides is 1. The van der Waals surface area contributed by atoms with E-state index >= 15 is 4.39 Å². The maximum Gasteiger partial charge on any atom is 0.409 e. The zero-order valence-electron chi connectivity index (χ0n) is 25.5. The molecule has 1 atom stereocenters. The minimum atomic E-state index is -4.68. The Kier molecular flexibility index (Phi) is 8.81. The number of benzene rings is 2. The van der Waals surface area contributed by atoms with Crippen LogP contribution in [-0.4, -0.2) is 99.7 Å². The zero-order chi connectivity index (χ0) is 33.6. The lowest BCUT2D eigenvalue weighted by Gasteiger charge is -2.44. The fourth-order valence-electron chi connectivity index (χ4n) is 6.04. The first kappa shape index (κ1) is 32.6. The van der Waals surface area contributed by atoms with Gasteiger partial charge in [0.2, 0.25) is 5.91 Å². The molecule has 4 heterocycles. The molecule has 0 radical (unpaired) electrons. The Morgan fingerprint density at radius 1 is 1.13 bits per heavy atom. The number of carbonyl (C=O) groups is 1. The molecule has 1 amide bonds. The molecule has 2 aliphatic heterocycles. The quantitative estimate of drug-likeness (QED) is 0.268. The average molecular weight is 675 g/mol. The van der Waals surface area contributed by atoms with Crippen LogP contribution in [0.5, 0.6) is 0 Å². The number of rotatable bonds is 8. The van der Waals surface area contributed by atoms with E-state index < -0.39 is 36.5 Å². The summed E-state index contributed by atoms with van der Waals surface area (Å²) in [6.45, 7) is 3.89. The molecule has 2 saturated heterocycles. The van der Waals surface area contributed by atoms with E-state index in [1.54, 1.807) is 16.5 Å². The van der Waals surface area contributed by atoms with Crippen molar-refractivity contribution in [1.29, 1.82) is 5.26 Å². The van der Waals surface area contributed by atoms with E-state index in [0.717, 1.165) is 22.3 Å². The van der Waals surface area contributed by atoms with E-state index in [0.29, 0.717) is 35.3 Å². The van der Waals surface area contributed by atoms with Crippen LogP contribution in [0.1, 0.15) is 18.7 Å². The van der Waals surface area contributed by atoms with E-state index in [9.17, 15) is 32.7 Å². The predicted molar refractivity (Wildman–Crippen MR) is 166 cm³/mol. The number of fused-ring (bicyclic) bond motifs is 1. The Bertz CT molecular complexity index is 1830. The maximum atomic E-state index is 15.7. The molecule has 47 heavy (non-hydrogen) atoms. The van der Waals surface area contributed by atoms with Crippen LogP contribution >= 0.6 is 11.3 Å². The molecule has 2 aromatic heterocycles. The third-order valence-corrected chi connectivity index (χ3v) is 9.42. The van der Waals surface area contributed by atoms with Gasteiger partial charge >= 0.3 is 6.18 Å².